The molecule has 0 fully saturated rings. The van der Waals surface area contributed by atoms with E-state index in [4.69, 9.17) is 14.2 Å². The van der Waals surface area contributed by atoms with Crippen LogP contribution < -0.4 is 0 Å². The number of hydrogen-bond donors (Lipinski definition) is 0. The van der Waals surface area contributed by atoms with Gasteiger partial charge >= 0.3 is 17.9 Å². The van der Waals surface area contributed by atoms with Gasteiger partial charge in [-0.05, 0) is 31.1 Å². The highest BCUT2D eigenvalue weighted by molar-refractivity contribution is 5.71. The number of esters is 3. The van der Waals surface area contributed by atoms with Gasteiger partial charge in [0.1, 0.15) is 13.2 Å². The summed E-state index contributed by atoms with van der Waals surface area (Å²) in [6, 6.07) is 0. The fraction of sp³-hybridized carbons (Fsp3) is 0.956. The third-order valence-electron chi connectivity index (χ3n) is 15.7. The van der Waals surface area contributed by atoms with E-state index in [2.05, 4.69) is 34.6 Å². The number of unbranched alkanes of at least 4 members (excludes halogenated alkanes) is 47. The van der Waals surface area contributed by atoms with E-state index >= 15 is 0 Å². The van der Waals surface area contributed by atoms with E-state index in [1.165, 1.54) is 276 Å². The van der Waals surface area contributed by atoms with Crippen molar-refractivity contribution in [3.8, 4) is 0 Å². The molecule has 0 aromatic rings. The highest BCUT2D eigenvalue weighted by Gasteiger charge is 2.19. The van der Waals surface area contributed by atoms with E-state index in [1.54, 1.807) is 0 Å². The topological polar surface area (TPSA) is 78.9 Å². The molecule has 0 aromatic heterocycles. The SMILES string of the molecule is CCCCCCCCCCCCCCCCCCC(=O)OC[C@@H](COC(=O)CCCCCCCCCCCCCCCCCCCCC(C)C)OC(=O)CCCCCCCCCCCCCCCCCCC(C)C. The lowest BCUT2D eigenvalue weighted by Gasteiger charge is -2.18. The maximum Gasteiger partial charge on any atom is 0.306 e. The molecule has 0 rings (SSSR count). The minimum absolute atomic E-state index is 0.0614. The summed E-state index contributed by atoms with van der Waals surface area (Å²) < 4.78 is 17.0. The first-order chi connectivity index (χ1) is 36.2. The highest BCUT2D eigenvalue weighted by atomic mass is 16.6. The smallest absolute Gasteiger partial charge is 0.306 e. The molecular weight excluding hydrogens is 913 g/mol. The van der Waals surface area contributed by atoms with Gasteiger partial charge in [-0.15, -0.1) is 0 Å². The third-order valence-corrected chi connectivity index (χ3v) is 15.7. The van der Waals surface area contributed by atoms with Crippen molar-refractivity contribution < 1.29 is 28.6 Å². The zero-order valence-corrected chi connectivity index (χ0v) is 51.0. The molecule has 0 unspecified atom stereocenters. The van der Waals surface area contributed by atoms with Gasteiger partial charge in [-0.25, -0.2) is 0 Å². The van der Waals surface area contributed by atoms with Crippen LogP contribution in [0.15, 0.2) is 0 Å². The van der Waals surface area contributed by atoms with Crippen LogP contribution in [0.4, 0.5) is 0 Å². The molecule has 6 heteroatoms. The normalized spacial score (nSPS) is 12.0. The molecule has 0 heterocycles. The van der Waals surface area contributed by atoms with Gasteiger partial charge in [0.05, 0.1) is 0 Å². The van der Waals surface area contributed by atoms with Crippen LogP contribution in [-0.2, 0) is 28.6 Å². The Labute approximate surface area is 463 Å². The Morgan fingerprint density at radius 2 is 0.446 bits per heavy atom. The van der Waals surface area contributed by atoms with Gasteiger partial charge in [0, 0.05) is 19.3 Å². The summed E-state index contributed by atoms with van der Waals surface area (Å²) in [7, 11) is 0. The average molecular weight is 1050 g/mol. The number of ether oxygens (including phenoxy) is 3. The molecule has 0 aliphatic heterocycles. The average Bonchev–Trinajstić information content (AvgIpc) is 3.38. The fourth-order valence-corrected chi connectivity index (χ4v) is 10.6. The van der Waals surface area contributed by atoms with Gasteiger partial charge < -0.3 is 14.2 Å². The molecule has 0 aromatic carbocycles. The first kappa shape index (κ1) is 72.4. The van der Waals surface area contributed by atoms with Crippen molar-refractivity contribution in [1.82, 2.24) is 0 Å². The van der Waals surface area contributed by atoms with Crippen molar-refractivity contribution in [3.05, 3.63) is 0 Å². The van der Waals surface area contributed by atoms with Crippen LogP contribution in [0.2, 0.25) is 0 Å². The summed E-state index contributed by atoms with van der Waals surface area (Å²) >= 11 is 0. The molecule has 0 N–H and O–H groups in total. The summed E-state index contributed by atoms with van der Waals surface area (Å²) in [5, 5.41) is 0. The van der Waals surface area contributed by atoms with Crippen LogP contribution in [0.1, 0.15) is 388 Å². The van der Waals surface area contributed by atoms with Crippen molar-refractivity contribution in [3.63, 3.8) is 0 Å². The molecular formula is C68H132O6. The van der Waals surface area contributed by atoms with Crippen molar-refractivity contribution in [2.75, 3.05) is 13.2 Å². The van der Waals surface area contributed by atoms with Crippen LogP contribution in [-0.4, -0.2) is 37.2 Å². The number of carbonyl (C=O) groups excluding carboxylic acids is 3. The molecule has 0 radical (unpaired) electrons. The molecule has 0 spiro atoms. The van der Waals surface area contributed by atoms with E-state index in [0.717, 1.165) is 69.6 Å². The quantitative estimate of drug-likeness (QED) is 0.0343. The molecule has 0 saturated carbocycles. The highest BCUT2D eigenvalue weighted by Crippen LogP contribution is 2.19. The Kier molecular flexibility index (Phi) is 59.3. The predicted octanol–water partition coefficient (Wildman–Crippen LogP) is 22.8. The molecule has 0 saturated heterocycles. The number of rotatable bonds is 62. The Balaban J connectivity index is 4.27. The number of carbonyl (C=O) groups is 3. The lowest BCUT2D eigenvalue weighted by molar-refractivity contribution is -0.167. The van der Waals surface area contributed by atoms with E-state index in [9.17, 15) is 14.4 Å². The van der Waals surface area contributed by atoms with Gasteiger partial charge in [0.2, 0.25) is 0 Å². The van der Waals surface area contributed by atoms with E-state index in [0.29, 0.717) is 19.3 Å². The van der Waals surface area contributed by atoms with E-state index < -0.39 is 6.10 Å². The first-order valence-corrected chi connectivity index (χ1v) is 33.7. The Morgan fingerprint density at radius 1 is 0.257 bits per heavy atom. The minimum Gasteiger partial charge on any atom is -0.462 e. The predicted molar refractivity (Wildman–Crippen MR) is 321 cm³/mol. The second kappa shape index (κ2) is 60.6. The van der Waals surface area contributed by atoms with Crippen LogP contribution in [0, 0.1) is 11.8 Å². The summed E-state index contributed by atoms with van der Waals surface area (Å²) in [6.45, 7) is 11.5. The standard InChI is InChI=1S/C68H132O6/c1-6-7-8-9-10-11-12-13-14-23-28-33-38-43-48-53-58-66(69)72-61-65(74-68(71)60-55-50-45-40-35-30-25-20-19-22-27-32-37-42-47-52-57-64(4)5)62-73-67(70)59-54-49-44-39-34-29-24-18-16-15-17-21-26-31-36-41-46-51-56-63(2)3/h63-65H,6-62H2,1-5H3/t65-/m0/s1. The van der Waals surface area contributed by atoms with Gasteiger partial charge in [-0.2, -0.15) is 0 Å². The lowest BCUT2D eigenvalue weighted by Crippen LogP contribution is -2.30. The summed E-state index contributed by atoms with van der Waals surface area (Å²) in [6.07, 6.45) is 68.2. The van der Waals surface area contributed by atoms with Crippen LogP contribution >= 0.6 is 0 Å². The lowest BCUT2D eigenvalue weighted by atomic mass is 10.0. The van der Waals surface area contributed by atoms with Crippen molar-refractivity contribution in [2.24, 2.45) is 11.8 Å². The van der Waals surface area contributed by atoms with Crippen LogP contribution in [0.3, 0.4) is 0 Å². The maximum atomic E-state index is 12.9. The van der Waals surface area contributed by atoms with E-state index in [1.807, 2.05) is 0 Å². The summed E-state index contributed by atoms with van der Waals surface area (Å²) in [5.74, 6) is 0.885. The molecule has 1 atom stereocenters. The molecule has 0 aliphatic carbocycles. The molecule has 0 bridgehead atoms. The zero-order chi connectivity index (χ0) is 53.9. The maximum absolute atomic E-state index is 12.9. The fourth-order valence-electron chi connectivity index (χ4n) is 10.6. The van der Waals surface area contributed by atoms with Crippen molar-refractivity contribution in [1.29, 1.82) is 0 Å². The molecule has 0 amide bonds. The third kappa shape index (κ3) is 61.3. The summed E-state index contributed by atoms with van der Waals surface area (Å²) in [4.78, 5) is 38.4. The molecule has 440 valence electrons. The second-order valence-electron chi connectivity index (χ2n) is 24.4. The van der Waals surface area contributed by atoms with Gasteiger partial charge in [-0.3, -0.25) is 14.4 Å². The van der Waals surface area contributed by atoms with Crippen LogP contribution in [0.25, 0.3) is 0 Å². The van der Waals surface area contributed by atoms with Crippen molar-refractivity contribution >= 4 is 17.9 Å². The van der Waals surface area contributed by atoms with Crippen LogP contribution in [0.5, 0.6) is 0 Å². The summed E-state index contributed by atoms with van der Waals surface area (Å²) in [5.41, 5.74) is 0. The zero-order valence-electron chi connectivity index (χ0n) is 51.0. The van der Waals surface area contributed by atoms with Gasteiger partial charge in [-0.1, -0.05) is 349 Å². The molecule has 6 nitrogen and oxygen atoms in total. The molecule has 0 aliphatic rings. The van der Waals surface area contributed by atoms with Crippen molar-refractivity contribution in [2.45, 2.75) is 394 Å². The monoisotopic (exact) mass is 1050 g/mol. The van der Waals surface area contributed by atoms with E-state index in [-0.39, 0.29) is 31.1 Å². The Morgan fingerprint density at radius 3 is 0.662 bits per heavy atom. The minimum atomic E-state index is -0.764. The van der Waals surface area contributed by atoms with Gasteiger partial charge in [0.25, 0.3) is 0 Å². The van der Waals surface area contributed by atoms with Gasteiger partial charge in [0.15, 0.2) is 6.10 Å². The largest absolute Gasteiger partial charge is 0.462 e. The Hall–Kier alpha value is -1.59. The number of hydrogen-bond acceptors (Lipinski definition) is 6. The second-order valence-corrected chi connectivity index (χ2v) is 24.4. The first-order valence-electron chi connectivity index (χ1n) is 33.7. The Bertz CT molecular complexity index is 1140. The molecule has 74 heavy (non-hydrogen) atoms.